The minimum absolute atomic E-state index is 0.0172. The number of hydrogen-bond acceptors (Lipinski definition) is 1. The maximum absolute atomic E-state index is 10.8. The van der Waals surface area contributed by atoms with Crippen molar-refractivity contribution in [3.63, 3.8) is 0 Å². The molecule has 0 aliphatic carbocycles. The molecule has 2 nitrogen and oxygen atoms in total. The number of hydrogen-bond donors (Lipinski definition) is 1. The Morgan fingerprint density at radius 1 is 1.45 bits per heavy atom. The fourth-order valence-electron chi connectivity index (χ4n) is 0.797. The van der Waals surface area contributed by atoms with Crippen molar-refractivity contribution >= 4 is 5.91 Å². The van der Waals surface area contributed by atoms with E-state index >= 15 is 0 Å². The van der Waals surface area contributed by atoms with Gasteiger partial charge in [-0.2, -0.15) is 0 Å². The van der Waals surface area contributed by atoms with Crippen molar-refractivity contribution in [2.24, 2.45) is 0 Å². The van der Waals surface area contributed by atoms with Gasteiger partial charge in [0, 0.05) is 6.54 Å². The van der Waals surface area contributed by atoms with Gasteiger partial charge in [0.05, 0.1) is 0 Å². The number of nitrogens with one attached hydrogen (secondary N) is 1. The van der Waals surface area contributed by atoms with Gasteiger partial charge in [0.25, 0.3) is 0 Å². The zero-order chi connectivity index (χ0) is 8.53. The van der Waals surface area contributed by atoms with Crippen LogP contribution in [0.2, 0.25) is 0 Å². The number of rotatable bonds is 5. The first kappa shape index (κ1) is 10.2. The molecule has 2 heteroatoms. The highest BCUT2D eigenvalue weighted by Gasteiger charge is 1.91. The first-order valence-electron chi connectivity index (χ1n) is 4.21. The quantitative estimate of drug-likeness (QED) is 0.476. The van der Waals surface area contributed by atoms with Gasteiger partial charge < -0.3 is 5.32 Å². The first-order valence-corrected chi connectivity index (χ1v) is 4.21. The topological polar surface area (TPSA) is 29.1 Å². The fraction of sp³-hybridized carbons (Fsp3) is 0.667. The van der Waals surface area contributed by atoms with Crippen molar-refractivity contribution in [1.82, 2.24) is 5.32 Å². The summed E-state index contributed by atoms with van der Waals surface area (Å²) in [6.07, 6.45) is 6.76. The van der Waals surface area contributed by atoms with Crippen molar-refractivity contribution in [2.45, 2.75) is 33.1 Å². The zero-order valence-corrected chi connectivity index (χ0v) is 7.39. The number of carbonyl (C=O) groups excluding carboxylic acids is 1. The van der Waals surface area contributed by atoms with Crippen LogP contribution in [0.1, 0.15) is 33.1 Å². The van der Waals surface area contributed by atoms with E-state index in [-0.39, 0.29) is 5.91 Å². The van der Waals surface area contributed by atoms with Gasteiger partial charge in [-0.05, 0) is 19.4 Å². The van der Waals surface area contributed by atoms with E-state index < -0.39 is 0 Å². The summed E-state index contributed by atoms with van der Waals surface area (Å²) < 4.78 is 0. The molecule has 0 aromatic carbocycles. The molecular weight excluding hydrogens is 138 g/mol. The van der Waals surface area contributed by atoms with E-state index in [2.05, 4.69) is 12.2 Å². The van der Waals surface area contributed by atoms with E-state index in [4.69, 9.17) is 0 Å². The smallest absolute Gasteiger partial charge is 0.243 e. The summed E-state index contributed by atoms with van der Waals surface area (Å²) in [6.45, 7) is 4.79. The van der Waals surface area contributed by atoms with Crippen molar-refractivity contribution in [3.05, 3.63) is 12.2 Å². The van der Waals surface area contributed by atoms with Crippen LogP contribution in [0.3, 0.4) is 0 Å². The molecule has 11 heavy (non-hydrogen) atoms. The molecule has 0 spiro atoms. The van der Waals surface area contributed by atoms with Crippen molar-refractivity contribution in [3.8, 4) is 0 Å². The molecule has 0 fully saturated rings. The number of carbonyl (C=O) groups is 1. The van der Waals surface area contributed by atoms with Gasteiger partial charge >= 0.3 is 0 Å². The average molecular weight is 155 g/mol. The number of amides is 1. The Kier molecular flexibility index (Phi) is 6.79. The molecule has 0 bridgehead atoms. The molecule has 0 aliphatic heterocycles. The SMILES string of the molecule is C/C=C/C(=O)NCCCCC. The summed E-state index contributed by atoms with van der Waals surface area (Å²) in [5, 5.41) is 2.79. The molecule has 64 valence electrons. The van der Waals surface area contributed by atoms with Gasteiger partial charge in [0.2, 0.25) is 5.91 Å². The molecule has 0 saturated heterocycles. The number of allylic oxidation sites excluding steroid dienone is 1. The highest BCUT2D eigenvalue weighted by atomic mass is 16.1. The van der Waals surface area contributed by atoms with Gasteiger partial charge in [-0.15, -0.1) is 0 Å². The Morgan fingerprint density at radius 3 is 2.73 bits per heavy atom. The lowest BCUT2D eigenvalue weighted by atomic mass is 10.2. The summed E-state index contributed by atoms with van der Waals surface area (Å²) in [7, 11) is 0. The van der Waals surface area contributed by atoms with Crippen LogP contribution in [0.15, 0.2) is 12.2 Å². The lowest BCUT2D eigenvalue weighted by molar-refractivity contribution is -0.116. The molecule has 0 saturated carbocycles. The van der Waals surface area contributed by atoms with E-state index in [1.165, 1.54) is 12.8 Å². The molecule has 0 aliphatic rings. The second kappa shape index (κ2) is 7.32. The minimum Gasteiger partial charge on any atom is -0.353 e. The van der Waals surface area contributed by atoms with Crippen LogP contribution < -0.4 is 5.32 Å². The third-order valence-corrected chi connectivity index (χ3v) is 1.40. The molecule has 1 N–H and O–H groups in total. The normalized spacial score (nSPS) is 10.4. The predicted molar refractivity (Wildman–Crippen MR) is 47.3 cm³/mol. The van der Waals surface area contributed by atoms with E-state index in [9.17, 15) is 4.79 Å². The van der Waals surface area contributed by atoms with Crippen molar-refractivity contribution in [1.29, 1.82) is 0 Å². The second-order valence-corrected chi connectivity index (χ2v) is 2.50. The summed E-state index contributed by atoms with van der Waals surface area (Å²) >= 11 is 0. The number of unbranched alkanes of at least 4 members (excludes halogenated alkanes) is 2. The molecule has 0 radical (unpaired) electrons. The van der Waals surface area contributed by atoms with Gasteiger partial charge in [0.15, 0.2) is 0 Å². The summed E-state index contributed by atoms with van der Waals surface area (Å²) in [5.74, 6) is 0.0172. The Bertz CT molecular complexity index is 130. The predicted octanol–water partition coefficient (Wildman–Crippen LogP) is 1.87. The van der Waals surface area contributed by atoms with Crippen LogP contribution in [-0.2, 0) is 4.79 Å². The van der Waals surface area contributed by atoms with Gasteiger partial charge in [0.1, 0.15) is 0 Å². The van der Waals surface area contributed by atoms with Crippen LogP contribution in [0.5, 0.6) is 0 Å². The Morgan fingerprint density at radius 2 is 2.18 bits per heavy atom. The maximum Gasteiger partial charge on any atom is 0.243 e. The van der Waals surface area contributed by atoms with Gasteiger partial charge in [-0.3, -0.25) is 4.79 Å². The lowest BCUT2D eigenvalue weighted by Crippen LogP contribution is -2.21. The third-order valence-electron chi connectivity index (χ3n) is 1.40. The molecule has 0 aromatic heterocycles. The summed E-state index contributed by atoms with van der Waals surface area (Å²) in [6, 6.07) is 0. The van der Waals surface area contributed by atoms with E-state index in [0.29, 0.717) is 0 Å². The molecular formula is C9H17NO. The third kappa shape index (κ3) is 7.10. The van der Waals surface area contributed by atoms with Crippen LogP contribution >= 0.6 is 0 Å². The molecule has 0 unspecified atom stereocenters. The van der Waals surface area contributed by atoms with Crippen molar-refractivity contribution in [2.75, 3.05) is 6.54 Å². The van der Waals surface area contributed by atoms with E-state index in [1.807, 2.05) is 6.92 Å². The Labute approximate surface area is 68.7 Å². The van der Waals surface area contributed by atoms with Crippen molar-refractivity contribution < 1.29 is 4.79 Å². The molecule has 0 atom stereocenters. The van der Waals surface area contributed by atoms with Gasteiger partial charge in [-0.25, -0.2) is 0 Å². The van der Waals surface area contributed by atoms with Crippen LogP contribution in [-0.4, -0.2) is 12.5 Å². The Balaban J connectivity index is 3.17. The monoisotopic (exact) mass is 155 g/mol. The summed E-state index contributed by atoms with van der Waals surface area (Å²) in [4.78, 5) is 10.8. The Hall–Kier alpha value is -0.790. The summed E-state index contributed by atoms with van der Waals surface area (Å²) in [5.41, 5.74) is 0. The van der Waals surface area contributed by atoms with E-state index in [1.54, 1.807) is 12.2 Å². The average Bonchev–Trinajstić information content (AvgIpc) is 1.99. The maximum atomic E-state index is 10.8. The van der Waals surface area contributed by atoms with Crippen LogP contribution in [0.4, 0.5) is 0 Å². The largest absolute Gasteiger partial charge is 0.353 e. The molecule has 0 rings (SSSR count). The molecule has 1 amide bonds. The lowest BCUT2D eigenvalue weighted by Gasteiger charge is -1.99. The van der Waals surface area contributed by atoms with Crippen LogP contribution in [0.25, 0.3) is 0 Å². The zero-order valence-electron chi connectivity index (χ0n) is 7.39. The molecule has 0 heterocycles. The highest BCUT2D eigenvalue weighted by molar-refractivity contribution is 5.87. The minimum atomic E-state index is 0.0172. The first-order chi connectivity index (χ1) is 5.31. The van der Waals surface area contributed by atoms with Gasteiger partial charge in [-0.1, -0.05) is 25.8 Å². The second-order valence-electron chi connectivity index (χ2n) is 2.50. The fourth-order valence-corrected chi connectivity index (χ4v) is 0.797. The standard InChI is InChI=1S/C9H17NO/c1-3-5-6-8-10-9(11)7-4-2/h4,7H,3,5-6,8H2,1-2H3,(H,10,11)/b7-4+. The molecule has 0 aromatic rings. The van der Waals surface area contributed by atoms with Crippen LogP contribution in [0, 0.1) is 0 Å². The van der Waals surface area contributed by atoms with E-state index in [0.717, 1.165) is 13.0 Å². The highest BCUT2D eigenvalue weighted by Crippen LogP contribution is 1.90.